The van der Waals surface area contributed by atoms with Crippen LogP contribution in [0.2, 0.25) is 0 Å². The van der Waals surface area contributed by atoms with E-state index in [9.17, 15) is 66.5 Å². The molecule has 28 heteroatoms. The number of benzene rings is 4. The van der Waals surface area contributed by atoms with Crippen molar-refractivity contribution < 1.29 is 70.9 Å². The highest BCUT2D eigenvalue weighted by atomic mass is 19.1. The Morgan fingerprint density at radius 3 is 1.42 bits per heavy atom. The van der Waals surface area contributed by atoms with Crippen molar-refractivity contribution in [2.75, 3.05) is 47.4 Å². The fourth-order valence-electron chi connectivity index (χ4n) is 12.2. The lowest BCUT2D eigenvalue weighted by Gasteiger charge is -2.41. The van der Waals surface area contributed by atoms with Gasteiger partial charge in [-0.1, -0.05) is 102 Å². The third-order valence-corrected chi connectivity index (χ3v) is 17.5. The SMILES string of the molecule is CNC(=O)[C@@H](N)CCN(C(=O)CO)[C@@H](c1cc(-c2cc(F)ccc2F)cn1Cc1ccccc1)C(C)(C)C.CNC(=O)[C@H](CCN(C(=O)CO)[C@@H](c1cc(-c2cc(F)ccc2F)cn1Cc1ccccc1)C(C)(C)C)NC(=O)[C@H](CC(N)=O)NC(=O)[C@H](C)N(C)C(=O)[C@H](C)NC(=O)Cc1ccncc1. The minimum absolute atomic E-state index is 0.0146. The van der Waals surface area contributed by atoms with Crippen LogP contribution in [-0.4, -0.2) is 170 Å². The second-order valence-corrected chi connectivity index (χ2v) is 27.5. The standard InChI is InChI=1S/C47H59F2N9O8.C29H36F2N4O3/c1-28(53-40(61)21-30-15-18-52-19-16-30)46(66)56(7)29(2)43(63)55-37(24-39(50)60)45(65)54-36(44(64)51-6)17-20-58(41(62)27-59)42(47(3,4)5)38-22-32(34-23-33(48)13-14-35(34)49)26-57(38)25-31-11-9-8-10-12-31;1-29(2,3)27(35(26(37)18-36)13-12-24(32)28(38)33-4)25-14-20(22-15-21(30)10-11-23(22)31)17-34(25)16-19-8-6-5-7-9-19/h8-16,18-19,22-23,26,28-29,36-37,42,59H,17,20-21,24-25,27H2,1-7H3,(H2,50,60)(H,51,64)(H,53,61)(H,54,65)(H,55,63);5-11,14-15,17,24,27,36H,12-13,16,18,32H2,1-4H3,(H,33,38)/t28-,29-,36-,37-,42-;24-,27-/m00/s1. The van der Waals surface area contributed by atoms with Crippen molar-refractivity contribution in [3.05, 3.63) is 197 Å². The Balaban J connectivity index is 0.000000377. The number of nitrogens with two attached hydrogens (primary N) is 2. The predicted molar refractivity (Wildman–Crippen MR) is 383 cm³/mol. The number of carbonyl (C=O) groups excluding carboxylic acids is 9. The predicted octanol–water partition coefficient (Wildman–Crippen LogP) is 6.21. The quantitative estimate of drug-likeness (QED) is 0.0219. The van der Waals surface area contributed by atoms with Crippen molar-refractivity contribution in [3.8, 4) is 22.3 Å². The first-order valence-corrected chi connectivity index (χ1v) is 33.8. The summed E-state index contributed by atoms with van der Waals surface area (Å²) in [5.74, 6) is -8.68. The number of nitrogens with zero attached hydrogens (tertiary/aromatic N) is 6. The lowest BCUT2D eigenvalue weighted by molar-refractivity contribution is -0.142. The second kappa shape index (κ2) is 37.6. The summed E-state index contributed by atoms with van der Waals surface area (Å²) in [5.41, 5.74) is 14.7. The minimum Gasteiger partial charge on any atom is -0.387 e. The van der Waals surface area contributed by atoms with E-state index in [1.807, 2.05) is 111 Å². The maximum atomic E-state index is 15.2. The number of hydrogen-bond donors (Lipinski definition) is 9. The maximum absolute atomic E-state index is 15.2. The smallest absolute Gasteiger partial charge is 0.248 e. The van der Waals surface area contributed by atoms with E-state index in [0.29, 0.717) is 34.6 Å². The summed E-state index contributed by atoms with van der Waals surface area (Å²) < 4.78 is 62.3. The monoisotopic (exact) mass is 1440 g/mol. The Labute approximate surface area is 602 Å². The highest BCUT2D eigenvalue weighted by Crippen LogP contribution is 2.43. The molecule has 0 aliphatic heterocycles. The highest BCUT2D eigenvalue weighted by molar-refractivity contribution is 5.97. The van der Waals surface area contributed by atoms with Gasteiger partial charge in [0, 0.05) is 106 Å². The zero-order valence-electron chi connectivity index (χ0n) is 60.4. The maximum Gasteiger partial charge on any atom is 0.248 e. The molecule has 0 aliphatic carbocycles. The third-order valence-electron chi connectivity index (χ3n) is 17.5. The number of hydrogen-bond acceptors (Lipinski definition) is 13. The number of pyridine rings is 1. The highest BCUT2D eigenvalue weighted by Gasteiger charge is 2.41. The van der Waals surface area contributed by atoms with E-state index >= 15 is 4.39 Å². The molecule has 558 valence electrons. The van der Waals surface area contributed by atoms with Gasteiger partial charge in [-0.15, -0.1) is 0 Å². The first kappa shape index (κ1) is 82.4. The van der Waals surface area contributed by atoms with Crippen molar-refractivity contribution in [1.29, 1.82) is 0 Å². The molecule has 0 aliphatic rings. The molecular weight excluding hydrogens is 1350 g/mol. The fraction of sp³-hybridized carbons (Fsp3) is 0.395. The van der Waals surface area contributed by atoms with E-state index in [4.69, 9.17) is 11.5 Å². The van der Waals surface area contributed by atoms with Gasteiger partial charge in [-0.2, -0.15) is 0 Å². The summed E-state index contributed by atoms with van der Waals surface area (Å²) in [6.45, 7) is 13.1. The summed E-state index contributed by atoms with van der Waals surface area (Å²) in [6.07, 6.45) is 5.67. The Bertz CT molecular complexity index is 4110. The lowest BCUT2D eigenvalue weighted by Crippen LogP contribution is -2.58. The van der Waals surface area contributed by atoms with Crippen LogP contribution in [0.4, 0.5) is 17.6 Å². The van der Waals surface area contributed by atoms with E-state index in [0.717, 1.165) is 52.4 Å². The van der Waals surface area contributed by atoms with Gasteiger partial charge in [0.1, 0.15) is 60.7 Å². The number of amides is 9. The minimum atomic E-state index is -1.62. The number of primary amides is 1. The van der Waals surface area contributed by atoms with Crippen LogP contribution in [0.5, 0.6) is 0 Å². The van der Waals surface area contributed by atoms with Crippen LogP contribution in [0, 0.1) is 34.1 Å². The molecule has 4 aromatic carbocycles. The summed E-state index contributed by atoms with van der Waals surface area (Å²) in [4.78, 5) is 126. The number of aromatic nitrogens is 3. The van der Waals surface area contributed by atoms with Crippen LogP contribution in [0.1, 0.15) is 115 Å². The van der Waals surface area contributed by atoms with Crippen molar-refractivity contribution in [3.63, 3.8) is 0 Å². The first-order valence-electron chi connectivity index (χ1n) is 33.8. The average molecular weight is 1440 g/mol. The molecule has 0 spiro atoms. The van der Waals surface area contributed by atoms with Gasteiger partial charge in [-0.25, -0.2) is 17.6 Å². The van der Waals surface area contributed by atoms with Gasteiger partial charge in [0.2, 0.25) is 53.2 Å². The number of rotatable bonds is 31. The van der Waals surface area contributed by atoms with Gasteiger partial charge in [0.05, 0.1) is 31.0 Å². The fourth-order valence-corrected chi connectivity index (χ4v) is 12.2. The molecule has 11 N–H and O–H groups in total. The number of aliphatic hydroxyl groups excluding tert-OH is 2. The van der Waals surface area contributed by atoms with Crippen LogP contribution < -0.4 is 38.1 Å². The van der Waals surface area contributed by atoms with Crippen LogP contribution in [0.15, 0.2) is 146 Å². The Hall–Kier alpha value is -10.6. The number of aliphatic hydroxyl groups is 2. The Morgan fingerprint density at radius 2 is 1.00 bits per heavy atom. The van der Waals surface area contributed by atoms with Crippen molar-refractivity contribution in [2.45, 2.75) is 136 Å². The molecule has 0 bridgehead atoms. The van der Waals surface area contributed by atoms with Gasteiger partial charge < -0.3 is 72.1 Å². The zero-order valence-corrected chi connectivity index (χ0v) is 60.4. The summed E-state index contributed by atoms with van der Waals surface area (Å²) >= 11 is 0. The van der Waals surface area contributed by atoms with Crippen LogP contribution >= 0.6 is 0 Å². The Kier molecular flexibility index (Phi) is 29.7. The molecule has 9 amide bonds. The van der Waals surface area contributed by atoms with Crippen LogP contribution in [0.25, 0.3) is 22.3 Å². The Morgan fingerprint density at radius 1 is 0.558 bits per heavy atom. The van der Waals surface area contributed by atoms with E-state index in [1.54, 1.807) is 36.7 Å². The van der Waals surface area contributed by atoms with Crippen molar-refractivity contribution in [1.82, 2.24) is 55.4 Å². The van der Waals surface area contributed by atoms with Crippen molar-refractivity contribution >= 4 is 53.2 Å². The molecule has 104 heavy (non-hydrogen) atoms. The van der Waals surface area contributed by atoms with Crippen molar-refractivity contribution in [2.24, 2.45) is 22.3 Å². The van der Waals surface area contributed by atoms with Gasteiger partial charge in [-0.3, -0.25) is 48.1 Å². The number of carbonyl (C=O) groups is 9. The number of halogens is 4. The second-order valence-electron chi connectivity index (χ2n) is 27.5. The average Bonchev–Trinajstić information content (AvgIpc) is 1.57. The van der Waals surface area contributed by atoms with Gasteiger partial charge in [0.25, 0.3) is 0 Å². The molecule has 7 aromatic rings. The molecule has 3 aromatic heterocycles. The van der Waals surface area contributed by atoms with E-state index < -0.39 is 143 Å². The third kappa shape index (κ3) is 22.7. The first-order chi connectivity index (χ1) is 49.1. The molecule has 24 nitrogen and oxygen atoms in total. The topological polar surface area (TPSA) is 339 Å². The van der Waals surface area contributed by atoms with Gasteiger partial charge in [0.15, 0.2) is 0 Å². The largest absolute Gasteiger partial charge is 0.387 e. The number of likely N-dealkylation sites (N-methyl/N-ethyl adjacent to an activating group) is 3. The molecule has 0 saturated heterocycles. The lowest BCUT2D eigenvalue weighted by atomic mass is 9.82. The van der Waals surface area contributed by atoms with Gasteiger partial charge >= 0.3 is 0 Å². The molecule has 0 unspecified atom stereocenters. The van der Waals surface area contributed by atoms with Crippen LogP contribution in [-0.2, 0) is 62.7 Å². The molecule has 0 radical (unpaired) electrons. The van der Waals surface area contributed by atoms with Gasteiger partial charge in [-0.05, 0) is 115 Å². The summed E-state index contributed by atoms with van der Waals surface area (Å²) in [5, 5.41) is 32.7. The van der Waals surface area contributed by atoms with E-state index in [1.165, 1.54) is 57.2 Å². The molecule has 0 saturated carbocycles. The molecule has 3 heterocycles. The summed E-state index contributed by atoms with van der Waals surface area (Å²) in [6, 6.07) is 24.5. The summed E-state index contributed by atoms with van der Waals surface area (Å²) in [7, 11) is 4.13. The molecule has 0 fully saturated rings. The normalized spacial score (nSPS) is 13.4. The zero-order chi connectivity index (χ0) is 76.9. The van der Waals surface area contributed by atoms with Crippen LogP contribution in [0.3, 0.4) is 0 Å². The molecule has 7 atom stereocenters. The van der Waals surface area contributed by atoms with E-state index in [2.05, 4.69) is 31.6 Å². The molecule has 7 rings (SSSR count). The number of nitrogens with one attached hydrogen (secondary N) is 5. The van der Waals surface area contributed by atoms with E-state index in [-0.39, 0.29) is 55.9 Å². The molecular formula is C76H95F4N13O11.